The number of alkyl halides is 3. The van der Waals surface area contributed by atoms with Gasteiger partial charge in [-0.15, -0.1) is 16.7 Å². The van der Waals surface area contributed by atoms with E-state index in [0.717, 1.165) is 0 Å². The summed E-state index contributed by atoms with van der Waals surface area (Å²) in [6.45, 7) is 1.45. The highest BCUT2D eigenvalue weighted by Gasteiger charge is 2.13. The van der Waals surface area contributed by atoms with Gasteiger partial charge < -0.3 is 0 Å². The van der Waals surface area contributed by atoms with Gasteiger partial charge in [-0.3, -0.25) is 0 Å². The zero-order valence-corrected chi connectivity index (χ0v) is 7.93. The highest BCUT2D eigenvalue weighted by molar-refractivity contribution is 6.16. The standard InChI is InChI=1S/C7H10ClF2N3/c1-2-6-5(3-8)11-12-13(6)4-7(9)10/h7H,2-4H2,1H3. The maximum Gasteiger partial charge on any atom is 0.257 e. The Morgan fingerprint density at radius 2 is 2.23 bits per heavy atom. The van der Waals surface area contributed by atoms with Gasteiger partial charge in [-0.1, -0.05) is 12.1 Å². The SMILES string of the molecule is CCc1c(CCl)nnn1CC(F)F. The summed E-state index contributed by atoms with van der Waals surface area (Å²) in [5, 5.41) is 7.31. The molecule has 0 aliphatic carbocycles. The molecule has 0 saturated heterocycles. The first-order valence-electron chi connectivity index (χ1n) is 3.94. The molecule has 0 atom stereocenters. The van der Waals surface area contributed by atoms with Crippen molar-refractivity contribution in [3.8, 4) is 0 Å². The molecule has 1 heterocycles. The summed E-state index contributed by atoms with van der Waals surface area (Å²) in [6, 6.07) is 0. The van der Waals surface area contributed by atoms with Crippen LogP contribution in [0.2, 0.25) is 0 Å². The van der Waals surface area contributed by atoms with E-state index in [1.807, 2.05) is 6.92 Å². The van der Waals surface area contributed by atoms with Crippen LogP contribution in [0.5, 0.6) is 0 Å². The van der Waals surface area contributed by atoms with E-state index in [2.05, 4.69) is 10.3 Å². The molecule has 0 unspecified atom stereocenters. The first-order valence-corrected chi connectivity index (χ1v) is 4.47. The van der Waals surface area contributed by atoms with Crippen LogP contribution in [0, 0.1) is 0 Å². The number of nitrogens with zero attached hydrogens (tertiary/aromatic N) is 3. The molecule has 0 aliphatic heterocycles. The van der Waals surface area contributed by atoms with E-state index >= 15 is 0 Å². The lowest BCUT2D eigenvalue weighted by molar-refractivity contribution is 0.120. The number of hydrogen-bond donors (Lipinski definition) is 0. The van der Waals surface area contributed by atoms with Crippen molar-refractivity contribution in [2.75, 3.05) is 0 Å². The second-order valence-electron chi connectivity index (χ2n) is 2.54. The largest absolute Gasteiger partial charge is 0.257 e. The van der Waals surface area contributed by atoms with Gasteiger partial charge in [0.15, 0.2) is 0 Å². The van der Waals surface area contributed by atoms with Gasteiger partial charge in [-0.2, -0.15) is 0 Å². The Kier molecular flexibility index (Phi) is 3.59. The Bertz CT molecular complexity index is 275. The van der Waals surface area contributed by atoms with E-state index in [-0.39, 0.29) is 5.88 Å². The predicted octanol–water partition coefficient (Wildman–Crippen LogP) is 1.84. The summed E-state index contributed by atoms with van der Waals surface area (Å²) in [4.78, 5) is 0. The molecule has 0 radical (unpaired) electrons. The normalized spacial score (nSPS) is 11.2. The fourth-order valence-electron chi connectivity index (χ4n) is 1.14. The Morgan fingerprint density at radius 1 is 1.54 bits per heavy atom. The lowest BCUT2D eigenvalue weighted by Gasteiger charge is -2.03. The van der Waals surface area contributed by atoms with Crippen LogP contribution in [-0.2, 0) is 18.8 Å². The van der Waals surface area contributed by atoms with Crippen molar-refractivity contribution in [3.63, 3.8) is 0 Å². The number of halogens is 3. The monoisotopic (exact) mass is 209 g/mol. The Morgan fingerprint density at radius 3 is 2.69 bits per heavy atom. The molecule has 13 heavy (non-hydrogen) atoms. The molecular formula is C7H10ClF2N3. The summed E-state index contributed by atoms with van der Waals surface area (Å²) < 4.78 is 25.3. The second kappa shape index (κ2) is 4.50. The maximum atomic E-state index is 12.0. The summed E-state index contributed by atoms with van der Waals surface area (Å²) in [6.07, 6.45) is -1.79. The minimum atomic E-state index is -2.41. The summed E-state index contributed by atoms with van der Waals surface area (Å²) in [5.74, 6) is 0.215. The van der Waals surface area contributed by atoms with Crippen LogP contribution in [0.3, 0.4) is 0 Å². The molecule has 0 fully saturated rings. The van der Waals surface area contributed by atoms with E-state index < -0.39 is 13.0 Å². The third-order valence-corrected chi connectivity index (χ3v) is 1.94. The van der Waals surface area contributed by atoms with Gasteiger partial charge in [0.05, 0.1) is 11.6 Å². The fraction of sp³-hybridized carbons (Fsp3) is 0.714. The third-order valence-electron chi connectivity index (χ3n) is 1.69. The van der Waals surface area contributed by atoms with Gasteiger partial charge >= 0.3 is 0 Å². The molecule has 0 bridgehead atoms. The van der Waals surface area contributed by atoms with Crippen molar-refractivity contribution < 1.29 is 8.78 Å². The van der Waals surface area contributed by atoms with Crippen LogP contribution in [0.15, 0.2) is 0 Å². The summed E-state index contributed by atoms with van der Waals surface area (Å²) >= 11 is 5.56. The van der Waals surface area contributed by atoms with Crippen LogP contribution in [0.4, 0.5) is 8.78 Å². The average molecular weight is 210 g/mol. The van der Waals surface area contributed by atoms with Gasteiger partial charge in [-0.25, -0.2) is 13.5 Å². The van der Waals surface area contributed by atoms with Gasteiger partial charge in [0, 0.05) is 0 Å². The van der Waals surface area contributed by atoms with Crippen molar-refractivity contribution in [3.05, 3.63) is 11.4 Å². The first kappa shape index (κ1) is 10.4. The van der Waals surface area contributed by atoms with Crippen LogP contribution < -0.4 is 0 Å². The van der Waals surface area contributed by atoms with Crippen molar-refractivity contribution in [2.24, 2.45) is 0 Å². The van der Waals surface area contributed by atoms with E-state index in [9.17, 15) is 8.78 Å². The minimum Gasteiger partial charge on any atom is -0.243 e. The first-order chi connectivity index (χ1) is 6.19. The predicted molar refractivity (Wildman–Crippen MR) is 45.0 cm³/mol. The second-order valence-corrected chi connectivity index (χ2v) is 2.81. The summed E-state index contributed by atoms with van der Waals surface area (Å²) in [5.41, 5.74) is 1.28. The fourth-order valence-corrected chi connectivity index (χ4v) is 1.34. The zero-order chi connectivity index (χ0) is 9.84. The van der Waals surface area contributed by atoms with Crippen LogP contribution in [0.1, 0.15) is 18.3 Å². The lowest BCUT2D eigenvalue weighted by Crippen LogP contribution is -2.11. The minimum absolute atomic E-state index is 0.215. The van der Waals surface area contributed by atoms with Crippen LogP contribution >= 0.6 is 11.6 Å². The molecule has 0 amide bonds. The van der Waals surface area contributed by atoms with Gasteiger partial charge in [0.1, 0.15) is 12.2 Å². The molecule has 74 valence electrons. The lowest BCUT2D eigenvalue weighted by atomic mass is 10.3. The number of rotatable bonds is 4. The Labute approximate surface area is 79.7 Å². The molecule has 1 aromatic rings. The Hall–Kier alpha value is -0.710. The van der Waals surface area contributed by atoms with E-state index in [4.69, 9.17) is 11.6 Å². The van der Waals surface area contributed by atoms with Crippen molar-refractivity contribution in [1.29, 1.82) is 0 Å². The van der Waals surface area contributed by atoms with Crippen molar-refractivity contribution in [1.82, 2.24) is 15.0 Å². The molecule has 6 heteroatoms. The quantitative estimate of drug-likeness (QED) is 0.709. The highest BCUT2D eigenvalue weighted by Crippen LogP contribution is 2.10. The molecule has 1 aromatic heterocycles. The highest BCUT2D eigenvalue weighted by atomic mass is 35.5. The molecule has 0 aliphatic rings. The molecule has 1 rings (SSSR count). The van der Waals surface area contributed by atoms with Crippen LogP contribution in [0.25, 0.3) is 0 Å². The molecule has 0 aromatic carbocycles. The molecule has 0 N–H and O–H groups in total. The maximum absolute atomic E-state index is 12.0. The van der Waals surface area contributed by atoms with Gasteiger partial charge in [0.2, 0.25) is 0 Å². The topological polar surface area (TPSA) is 30.7 Å². The smallest absolute Gasteiger partial charge is 0.243 e. The van der Waals surface area contributed by atoms with Crippen molar-refractivity contribution >= 4 is 11.6 Å². The number of aromatic nitrogens is 3. The molecular weight excluding hydrogens is 200 g/mol. The Balaban J connectivity index is 2.87. The number of hydrogen-bond acceptors (Lipinski definition) is 2. The van der Waals surface area contributed by atoms with E-state index in [0.29, 0.717) is 17.8 Å². The van der Waals surface area contributed by atoms with Gasteiger partial charge in [-0.05, 0) is 6.42 Å². The third kappa shape index (κ3) is 2.37. The van der Waals surface area contributed by atoms with E-state index in [1.54, 1.807) is 0 Å². The average Bonchev–Trinajstić information content (AvgIpc) is 2.45. The van der Waals surface area contributed by atoms with Crippen molar-refractivity contribution in [2.45, 2.75) is 32.2 Å². The van der Waals surface area contributed by atoms with Crippen LogP contribution in [-0.4, -0.2) is 21.4 Å². The van der Waals surface area contributed by atoms with E-state index in [1.165, 1.54) is 4.68 Å². The zero-order valence-electron chi connectivity index (χ0n) is 7.17. The molecule has 3 nitrogen and oxygen atoms in total. The molecule has 0 saturated carbocycles. The van der Waals surface area contributed by atoms with Gasteiger partial charge in [0.25, 0.3) is 6.43 Å². The molecule has 0 spiro atoms. The summed E-state index contributed by atoms with van der Waals surface area (Å²) in [7, 11) is 0.